The summed E-state index contributed by atoms with van der Waals surface area (Å²) in [5.74, 6) is 0.337. The van der Waals surface area contributed by atoms with Gasteiger partial charge in [-0.3, -0.25) is 4.72 Å². The van der Waals surface area contributed by atoms with Crippen LogP contribution in [0.2, 0.25) is 0 Å². The fraction of sp³-hybridized carbons (Fsp3) is 0.438. The summed E-state index contributed by atoms with van der Waals surface area (Å²) in [6.45, 7) is 5.11. The van der Waals surface area contributed by atoms with Gasteiger partial charge in [-0.1, -0.05) is 20.3 Å². The lowest BCUT2D eigenvalue weighted by molar-refractivity contribution is 0.603. The predicted octanol–water partition coefficient (Wildman–Crippen LogP) is 3.74. The molecule has 0 unspecified atom stereocenters. The third-order valence-corrected chi connectivity index (χ3v) is 6.60. The first kappa shape index (κ1) is 17.7. The number of aryl methyl sites for hydroxylation is 1. The number of hydrogen-bond acceptors (Lipinski definition) is 5. The molecule has 0 spiro atoms. The van der Waals surface area contributed by atoms with Crippen LogP contribution < -0.4 is 9.62 Å². The Morgan fingerprint density at radius 1 is 1.22 bits per heavy atom. The number of nitrogens with one attached hydrogen (secondary N) is 1. The number of sulfonamides is 1. The molecule has 5 nitrogen and oxygen atoms in total. The summed E-state index contributed by atoms with van der Waals surface area (Å²) in [6, 6.07) is 7.06. The number of unbranched alkanes of at least 4 members (excludes halogenated alkanes) is 1. The molecule has 0 saturated carbocycles. The van der Waals surface area contributed by atoms with Gasteiger partial charge in [0.1, 0.15) is 10.0 Å². The van der Waals surface area contributed by atoms with Gasteiger partial charge in [0.15, 0.2) is 0 Å². The van der Waals surface area contributed by atoms with Crippen molar-refractivity contribution >= 4 is 32.9 Å². The van der Waals surface area contributed by atoms with Gasteiger partial charge in [-0.15, -0.1) is 11.3 Å². The Labute approximate surface area is 142 Å². The molecule has 0 amide bonds. The maximum atomic E-state index is 12.3. The van der Waals surface area contributed by atoms with Crippen LogP contribution in [0.4, 0.5) is 11.5 Å². The van der Waals surface area contributed by atoms with E-state index in [0.717, 1.165) is 36.4 Å². The SMILES string of the molecule is CCCCN(C)c1ccc(NS(=O)(=O)c2ccc(CC)s2)nc1. The molecule has 0 aliphatic rings. The summed E-state index contributed by atoms with van der Waals surface area (Å²) in [6.07, 6.45) is 4.77. The number of rotatable bonds is 8. The van der Waals surface area contributed by atoms with E-state index in [2.05, 4.69) is 21.5 Å². The van der Waals surface area contributed by atoms with Crippen molar-refractivity contribution in [2.75, 3.05) is 23.2 Å². The highest BCUT2D eigenvalue weighted by Crippen LogP contribution is 2.24. The Hall–Kier alpha value is -1.60. The van der Waals surface area contributed by atoms with Gasteiger partial charge in [0.2, 0.25) is 0 Å². The third kappa shape index (κ3) is 4.68. The zero-order valence-corrected chi connectivity index (χ0v) is 15.4. The van der Waals surface area contributed by atoms with Crippen molar-refractivity contribution in [2.24, 2.45) is 0 Å². The van der Waals surface area contributed by atoms with Gasteiger partial charge in [-0.05, 0) is 37.1 Å². The topological polar surface area (TPSA) is 62.3 Å². The van der Waals surface area contributed by atoms with Crippen LogP contribution in [0.1, 0.15) is 31.6 Å². The molecule has 1 N–H and O–H groups in total. The Morgan fingerprint density at radius 2 is 2.00 bits per heavy atom. The minimum atomic E-state index is -3.56. The fourth-order valence-corrected chi connectivity index (χ4v) is 4.38. The van der Waals surface area contributed by atoms with Crippen LogP contribution in [0, 0.1) is 0 Å². The molecule has 0 atom stereocenters. The summed E-state index contributed by atoms with van der Waals surface area (Å²) in [4.78, 5) is 7.38. The van der Waals surface area contributed by atoms with E-state index in [9.17, 15) is 8.42 Å². The summed E-state index contributed by atoms with van der Waals surface area (Å²) in [5.41, 5.74) is 0.978. The number of nitrogens with zero attached hydrogens (tertiary/aromatic N) is 2. The lowest BCUT2D eigenvalue weighted by atomic mass is 10.3. The minimum Gasteiger partial charge on any atom is -0.373 e. The largest absolute Gasteiger partial charge is 0.373 e. The Bertz CT molecular complexity index is 724. The lowest BCUT2D eigenvalue weighted by Crippen LogP contribution is -2.18. The van der Waals surface area contributed by atoms with E-state index in [4.69, 9.17) is 0 Å². The Kier molecular flexibility index (Phi) is 6.01. The average molecular weight is 354 g/mol. The highest BCUT2D eigenvalue weighted by Gasteiger charge is 2.17. The van der Waals surface area contributed by atoms with E-state index in [1.807, 2.05) is 26.1 Å². The van der Waals surface area contributed by atoms with Crippen LogP contribution in [0.25, 0.3) is 0 Å². The zero-order chi connectivity index (χ0) is 16.9. The standard InChI is InChI=1S/C16H23N3O2S2/c1-4-6-11-19(3)13-7-9-15(17-12-13)18-23(20,21)16-10-8-14(5-2)22-16/h7-10,12H,4-6,11H2,1-3H3,(H,17,18). The molecule has 7 heteroatoms. The molecule has 2 heterocycles. The minimum absolute atomic E-state index is 0.320. The van der Waals surface area contributed by atoms with Crippen LogP contribution in [0.15, 0.2) is 34.7 Å². The summed E-state index contributed by atoms with van der Waals surface area (Å²) >= 11 is 1.29. The molecule has 126 valence electrons. The third-order valence-electron chi connectivity index (χ3n) is 3.52. The molecule has 0 aliphatic heterocycles. The Morgan fingerprint density at radius 3 is 2.57 bits per heavy atom. The van der Waals surface area contributed by atoms with Gasteiger partial charge in [0.05, 0.1) is 11.9 Å². The molecule has 0 saturated heterocycles. The van der Waals surface area contributed by atoms with Gasteiger partial charge in [0, 0.05) is 18.5 Å². The van der Waals surface area contributed by atoms with Gasteiger partial charge in [-0.2, -0.15) is 0 Å². The van der Waals surface area contributed by atoms with Crippen LogP contribution in [0.3, 0.4) is 0 Å². The van der Waals surface area contributed by atoms with Crippen molar-refractivity contribution in [3.05, 3.63) is 35.3 Å². The van der Waals surface area contributed by atoms with Crippen LogP contribution in [0.5, 0.6) is 0 Å². The van der Waals surface area contributed by atoms with Crippen molar-refractivity contribution in [1.29, 1.82) is 0 Å². The maximum Gasteiger partial charge on any atom is 0.272 e. The van der Waals surface area contributed by atoms with Crippen LogP contribution in [-0.2, 0) is 16.4 Å². The predicted molar refractivity (Wildman–Crippen MR) is 96.9 cm³/mol. The second-order valence-corrected chi connectivity index (χ2v) is 8.43. The van der Waals surface area contributed by atoms with E-state index < -0.39 is 10.0 Å². The number of hydrogen-bond donors (Lipinski definition) is 1. The molecule has 2 rings (SSSR count). The molecule has 0 aromatic carbocycles. The second-order valence-electron chi connectivity index (χ2n) is 5.36. The molecule has 0 bridgehead atoms. The summed E-state index contributed by atoms with van der Waals surface area (Å²) in [5, 5.41) is 0. The molecule has 0 aliphatic carbocycles. The molecular weight excluding hydrogens is 330 g/mol. The van der Waals surface area contributed by atoms with Crippen LogP contribution >= 0.6 is 11.3 Å². The average Bonchev–Trinajstić information content (AvgIpc) is 3.03. The van der Waals surface area contributed by atoms with Crippen molar-refractivity contribution in [1.82, 2.24) is 4.98 Å². The smallest absolute Gasteiger partial charge is 0.272 e. The normalized spacial score (nSPS) is 11.4. The van der Waals surface area contributed by atoms with E-state index in [1.165, 1.54) is 11.3 Å². The summed E-state index contributed by atoms with van der Waals surface area (Å²) < 4.78 is 27.5. The molecular formula is C16H23N3O2S2. The van der Waals surface area contributed by atoms with Gasteiger partial charge < -0.3 is 4.90 Å². The van der Waals surface area contributed by atoms with Crippen molar-refractivity contribution in [3.8, 4) is 0 Å². The quantitative estimate of drug-likeness (QED) is 0.785. The number of thiophene rings is 1. The first-order chi connectivity index (χ1) is 11.0. The molecule has 2 aromatic heterocycles. The van der Waals surface area contributed by atoms with E-state index >= 15 is 0 Å². The zero-order valence-electron chi connectivity index (χ0n) is 13.7. The van der Waals surface area contributed by atoms with Crippen molar-refractivity contribution < 1.29 is 8.42 Å². The van der Waals surface area contributed by atoms with Gasteiger partial charge in [0.25, 0.3) is 10.0 Å². The van der Waals surface area contributed by atoms with E-state index in [-0.39, 0.29) is 0 Å². The number of pyridine rings is 1. The fourth-order valence-electron chi connectivity index (χ4n) is 2.08. The molecule has 0 fully saturated rings. The highest BCUT2D eigenvalue weighted by atomic mass is 32.2. The highest BCUT2D eigenvalue weighted by molar-refractivity contribution is 7.94. The number of anilines is 2. The van der Waals surface area contributed by atoms with E-state index in [1.54, 1.807) is 18.3 Å². The van der Waals surface area contributed by atoms with Gasteiger partial charge >= 0.3 is 0 Å². The lowest BCUT2D eigenvalue weighted by Gasteiger charge is -2.18. The van der Waals surface area contributed by atoms with E-state index in [0.29, 0.717) is 10.0 Å². The maximum absolute atomic E-state index is 12.3. The first-order valence-electron chi connectivity index (χ1n) is 7.75. The van der Waals surface area contributed by atoms with Crippen LogP contribution in [-0.4, -0.2) is 27.0 Å². The van der Waals surface area contributed by atoms with Crippen molar-refractivity contribution in [2.45, 2.75) is 37.3 Å². The second kappa shape index (κ2) is 7.79. The van der Waals surface area contributed by atoms with Gasteiger partial charge in [-0.25, -0.2) is 13.4 Å². The number of aromatic nitrogens is 1. The first-order valence-corrected chi connectivity index (χ1v) is 10.0. The molecule has 23 heavy (non-hydrogen) atoms. The molecule has 0 radical (unpaired) electrons. The Balaban J connectivity index is 2.08. The van der Waals surface area contributed by atoms with Crippen molar-refractivity contribution in [3.63, 3.8) is 0 Å². The molecule has 2 aromatic rings. The summed E-state index contributed by atoms with van der Waals surface area (Å²) in [7, 11) is -1.55. The monoisotopic (exact) mass is 353 g/mol.